The van der Waals surface area contributed by atoms with Crippen molar-refractivity contribution in [2.24, 2.45) is 5.92 Å². The molecule has 1 aromatic carbocycles. The Morgan fingerprint density at radius 3 is 2.19 bits per heavy atom. The van der Waals surface area contributed by atoms with Gasteiger partial charge in [0, 0.05) is 5.92 Å². The van der Waals surface area contributed by atoms with E-state index < -0.39 is 5.60 Å². The van der Waals surface area contributed by atoms with E-state index in [9.17, 15) is 4.79 Å². The number of piperidine rings is 1. The Labute approximate surface area is 128 Å². The van der Waals surface area contributed by atoms with E-state index in [2.05, 4.69) is 5.32 Å². The summed E-state index contributed by atoms with van der Waals surface area (Å²) in [5.74, 6) is 0.238. The lowest BCUT2D eigenvalue weighted by Gasteiger charge is -2.37. The quantitative estimate of drug-likeness (QED) is 0.865. The van der Waals surface area contributed by atoms with Crippen LogP contribution in [0.2, 0.25) is 0 Å². The van der Waals surface area contributed by atoms with Crippen LogP contribution in [0.25, 0.3) is 0 Å². The third kappa shape index (κ3) is 3.65. The van der Waals surface area contributed by atoms with E-state index >= 15 is 0 Å². The Morgan fingerprint density at radius 1 is 1.14 bits per heavy atom. The number of nitrogens with one attached hydrogen (secondary N) is 1. The number of ether oxygens (including phenoxy) is 1. The zero-order valence-corrected chi connectivity index (χ0v) is 13.9. The smallest absolute Gasteiger partial charge is 0.339 e. The Bertz CT molecular complexity index is 505. The zero-order valence-electron chi connectivity index (χ0n) is 13.9. The lowest BCUT2D eigenvalue weighted by molar-refractivity contribution is -0.0369. The fourth-order valence-corrected chi connectivity index (χ4v) is 3.39. The van der Waals surface area contributed by atoms with Crippen molar-refractivity contribution in [1.29, 1.82) is 0 Å². The summed E-state index contributed by atoms with van der Waals surface area (Å²) in [5, 5.41) is 3.36. The van der Waals surface area contributed by atoms with Gasteiger partial charge in [-0.15, -0.1) is 0 Å². The molecule has 0 amide bonds. The summed E-state index contributed by atoms with van der Waals surface area (Å²) in [4.78, 5) is 12.6. The molecule has 1 N–H and O–H groups in total. The molecule has 1 heterocycles. The first-order valence-electron chi connectivity index (χ1n) is 7.83. The molecule has 0 atom stereocenters. The summed E-state index contributed by atoms with van der Waals surface area (Å²) in [6.07, 6.45) is 2.12. The molecule has 1 aliphatic rings. The van der Waals surface area contributed by atoms with Crippen molar-refractivity contribution in [2.75, 3.05) is 13.1 Å². The van der Waals surface area contributed by atoms with Crippen LogP contribution in [-0.4, -0.2) is 24.7 Å². The highest BCUT2D eigenvalue weighted by molar-refractivity contribution is 5.93. The van der Waals surface area contributed by atoms with Crippen molar-refractivity contribution in [3.63, 3.8) is 0 Å². The van der Waals surface area contributed by atoms with Crippen molar-refractivity contribution >= 4 is 5.97 Å². The molecule has 116 valence electrons. The van der Waals surface area contributed by atoms with Crippen molar-refractivity contribution in [1.82, 2.24) is 5.32 Å². The normalized spacial score (nSPS) is 16.8. The molecule has 1 fully saturated rings. The largest absolute Gasteiger partial charge is 0.456 e. The minimum absolute atomic E-state index is 0.187. The average Bonchev–Trinajstić information content (AvgIpc) is 2.37. The first-order chi connectivity index (χ1) is 9.81. The van der Waals surface area contributed by atoms with Crippen LogP contribution in [-0.2, 0) is 4.74 Å². The topological polar surface area (TPSA) is 38.3 Å². The van der Waals surface area contributed by atoms with Gasteiger partial charge in [-0.2, -0.15) is 0 Å². The predicted molar refractivity (Wildman–Crippen MR) is 85.7 cm³/mol. The predicted octanol–water partition coefficient (Wildman–Crippen LogP) is 3.55. The molecule has 0 saturated carbocycles. The minimum Gasteiger partial charge on any atom is -0.456 e. The maximum atomic E-state index is 12.6. The van der Waals surface area contributed by atoms with Crippen LogP contribution in [0, 0.1) is 26.7 Å². The van der Waals surface area contributed by atoms with E-state index in [0.717, 1.165) is 42.6 Å². The highest BCUT2D eigenvalue weighted by Gasteiger charge is 2.34. The van der Waals surface area contributed by atoms with Gasteiger partial charge in [0.25, 0.3) is 0 Å². The number of carbonyl (C=O) groups excluding carboxylic acids is 1. The number of hydrogen-bond acceptors (Lipinski definition) is 3. The molecule has 3 heteroatoms. The molecule has 0 radical (unpaired) electrons. The molecule has 0 aliphatic carbocycles. The van der Waals surface area contributed by atoms with E-state index in [0.29, 0.717) is 5.92 Å². The van der Waals surface area contributed by atoms with Gasteiger partial charge < -0.3 is 10.1 Å². The monoisotopic (exact) mass is 289 g/mol. The molecule has 1 aromatic rings. The number of benzene rings is 1. The Hall–Kier alpha value is -1.35. The number of hydrogen-bond donors (Lipinski definition) is 1. The lowest BCUT2D eigenvalue weighted by Crippen LogP contribution is -2.43. The first kappa shape index (κ1) is 16.0. The standard InChI is InChI=1S/C18H27NO2/c1-12-10-13(2)16(14(3)11-12)17(20)21-18(4,5)15-6-8-19-9-7-15/h10-11,15,19H,6-9H2,1-5H3. The summed E-state index contributed by atoms with van der Waals surface area (Å²) < 4.78 is 5.90. The highest BCUT2D eigenvalue weighted by atomic mass is 16.6. The molecule has 0 unspecified atom stereocenters. The van der Waals surface area contributed by atoms with E-state index in [1.807, 2.05) is 46.8 Å². The molecule has 2 rings (SSSR count). The summed E-state index contributed by atoms with van der Waals surface area (Å²) in [6, 6.07) is 4.09. The molecule has 21 heavy (non-hydrogen) atoms. The molecule has 1 saturated heterocycles. The zero-order chi connectivity index (χ0) is 15.6. The molecule has 3 nitrogen and oxygen atoms in total. The molecule has 1 aliphatic heterocycles. The van der Waals surface area contributed by atoms with Crippen molar-refractivity contribution in [3.05, 3.63) is 34.4 Å². The fourth-order valence-electron chi connectivity index (χ4n) is 3.39. The van der Waals surface area contributed by atoms with Gasteiger partial charge in [0.2, 0.25) is 0 Å². The highest BCUT2D eigenvalue weighted by Crippen LogP contribution is 2.30. The molecule has 0 aromatic heterocycles. The summed E-state index contributed by atoms with van der Waals surface area (Å²) in [5.41, 5.74) is 3.49. The average molecular weight is 289 g/mol. The van der Waals surface area contributed by atoms with Gasteiger partial charge in [-0.3, -0.25) is 0 Å². The van der Waals surface area contributed by atoms with Crippen LogP contribution in [0.15, 0.2) is 12.1 Å². The van der Waals surface area contributed by atoms with Gasteiger partial charge in [0.1, 0.15) is 5.60 Å². The van der Waals surface area contributed by atoms with Crippen LogP contribution < -0.4 is 5.32 Å². The van der Waals surface area contributed by atoms with E-state index in [1.54, 1.807) is 0 Å². The van der Waals surface area contributed by atoms with Gasteiger partial charge in [-0.1, -0.05) is 17.7 Å². The van der Waals surface area contributed by atoms with Crippen LogP contribution in [0.5, 0.6) is 0 Å². The van der Waals surface area contributed by atoms with Gasteiger partial charge in [0.05, 0.1) is 5.56 Å². The van der Waals surface area contributed by atoms with Gasteiger partial charge in [-0.05, 0) is 71.7 Å². The molecular weight excluding hydrogens is 262 g/mol. The van der Waals surface area contributed by atoms with E-state index in [1.165, 1.54) is 5.56 Å². The number of aryl methyl sites for hydroxylation is 3. The second-order valence-electron chi connectivity index (χ2n) is 6.79. The van der Waals surface area contributed by atoms with Crippen LogP contribution in [0.3, 0.4) is 0 Å². The van der Waals surface area contributed by atoms with Crippen molar-refractivity contribution < 1.29 is 9.53 Å². The molecule has 0 bridgehead atoms. The van der Waals surface area contributed by atoms with Crippen molar-refractivity contribution in [3.8, 4) is 0 Å². The fraction of sp³-hybridized carbons (Fsp3) is 0.611. The van der Waals surface area contributed by atoms with Crippen LogP contribution >= 0.6 is 0 Å². The maximum Gasteiger partial charge on any atom is 0.339 e. The second-order valence-corrected chi connectivity index (χ2v) is 6.79. The minimum atomic E-state index is -0.414. The van der Waals surface area contributed by atoms with Gasteiger partial charge in [0.15, 0.2) is 0 Å². The Balaban J connectivity index is 2.17. The lowest BCUT2D eigenvalue weighted by atomic mass is 9.83. The van der Waals surface area contributed by atoms with Gasteiger partial charge >= 0.3 is 5.97 Å². The summed E-state index contributed by atoms with van der Waals surface area (Å²) >= 11 is 0. The van der Waals surface area contributed by atoms with Crippen molar-refractivity contribution in [2.45, 2.75) is 53.1 Å². The van der Waals surface area contributed by atoms with Gasteiger partial charge in [-0.25, -0.2) is 4.79 Å². The first-order valence-corrected chi connectivity index (χ1v) is 7.83. The van der Waals surface area contributed by atoms with Crippen LogP contribution in [0.4, 0.5) is 0 Å². The second kappa shape index (κ2) is 6.18. The number of carbonyl (C=O) groups is 1. The summed E-state index contributed by atoms with van der Waals surface area (Å²) in [7, 11) is 0. The third-order valence-corrected chi connectivity index (χ3v) is 4.56. The Kier molecular flexibility index (Phi) is 4.72. The van der Waals surface area contributed by atoms with E-state index in [4.69, 9.17) is 4.74 Å². The number of rotatable bonds is 3. The Morgan fingerprint density at radius 2 is 1.67 bits per heavy atom. The SMILES string of the molecule is Cc1cc(C)c(C(=O)OC(C)(C)C2CCNCC2)c(C)c1. The number of esters is 1. The molecular formula is C18H27NO2. The summed E-state index contributed by atoms with van der Waals surface area (Å²) in [6.45, 7) is 12.1. The maximum absolute atomic E-state index is 12.6. The molecule has 0 spiro atoms. The van der Waals surface area contributed by atoms with E-state index in [-0.39, 0.29) is 5.97 Å². The third-order valence-electron chi connectivity index (χ3n) is 4.56. The van der Waals surface area contributed by atoms with Crippen LogP contribution in [0.1, 0.15) is 53.7 Å².